The van der Waals surface area contributed by atoms with Crippen LogP contribution in [0, 0.1) is 11.8 Å². The fourth-order valence-electron chi connectivity index (χ4n) is 2.62. The van der Waals surface area contributed by atoms with E-state index in [1.807, 2.05) is 0 Å². The molecular weight excluding hydrogens is 272 g/mol. The summed E-state index contributed by atoms with van der Waals surface area (Å²) in [6, 6.07) is 0. The minimum Gasteiger partial charge on any atom is -0.481 e. The molecule has 120 valence electrons. The molecule has 0 radical (unpaired) electrons. The number of carbonyl (C=O) groups is 3. The second kappa shape index (κ2) is 9.37. The maximum atomic E-state index is 11.6. The number of nitrogens with one attached hydrogen (secondary N) is 2. The molecule has 0 heterocycles. The molecule has 0 bridgehead atoms. The lowest BCUT2D eigenvalue weighted by Crippen LogP contribution is -2.38. The third-order valence-corrected chi connectivity index (χ3v) is 3.87. The molecule has 6 nitrogen and oxygen atoms in total. The summed E-state index contributed by atoms with van der Waals surface area (Å²) in [7, 11) is 0. The summed E-state index contributed by atoms with van der Waals surface area (Å²) < 4.78 is 0. The molecular formula is C15H26N2O4. The number of hydrogen-bond donors (Lipinski definition) is 3. The number of hydrogen-bond acceptors (Lipinski definition) is 3. The van der Waals surface area contributed by atoms with Crippen molar-refractivity contribution < 1.29 is 19.5 Å². The number of carboxylic acid groups (broad SMARTS) is 1. The first-order valence-corrected chi connectivity index (χ1v) is 7.72. The van der Waals surface area contributed by atoms with Crippen molar-refractivity contribution in [3.8, 4) is 0 Å². The predicted octanol–water partition coefficient (Wildman–Crippen LogP) is 1.30. The number of aliphatic carboxylic acids is 1. The first kappa shape index (κ1) is 17.5. The SMILES string of the molecule is CC(CNC(=O)CNC(=O)CCC1CCCC1)CC(=O)O. The van der Waals surface area contributed by atoms with Crippen LogP contribution in [0.5, 0.6) is 0 Å². The molecule has 0 aromatic carbocycles. The van der Waals surface area contributed by atoms with Crippen LogP contribution in [0.2, 0.25) is 0 Å². The van der Waals surface area contributed by atoms with Crippen LogP contribution in [-0.2, 0) is 14.4 Å². The molecule has 2 amide bonds. The molecule has 21 heavy (non-hydrogen) atoms. The minimum atomic E-state index is -0.878. The van der Waals surface area contributed by atoms with Gasteiger partial charge in [0.15, 0.2) is 0 Å². The van der Waals surface area contributed by atoms with Gasteiger partial charge in [-0.2, -0.15) is 0 Å². The lowest BCUT2D eigenvalue weighted by Gasteiger charge is -2.11. The Balaban J connectivity index is 2.05. The van der Waals surface area contributed by atoms with Crippen molar-refractivity contribution >= 4 is 17.8 Å². The van der Waals surface area contributed by atoms with E-state index in [4.69, 9.17) is 5.11 Å². The molecule has 3 N–H and O–H groups in total. The van der Waals surface area contributed by atoms with E-state index < -0.39 is 5.97 Å². The summed E-state index contributed by atoms with van der Waals surface area (Å²) in [5.41, 5.74) is 0. The van der Waals surface area contributed by atoms with Gasteiger partial charge in [0.1, 0.15) is 0 Å². The van der Waals surface area contributed by atoms with Crippen molar-refractivity contribution in [3.05, 3.63) is 0 Å². The highest BCUT2D eigenvalue weighted by atomic mass is 16.4. The molecule has 1 atom stereocenters. The molecule has 0 spiro atoms. The van der Waals surface area contributed by atoms with Gasteiger partial charge in [-0.3, -0.25) is 14.4 Å². The number of carbonyl (C=O) groups excluding carboxylic acids is 2. The monoisotopic (exact) mass is 298 g/mol. The third kappa shape index (κ3) is 8.32. The molecule has 0 saturated heterocycles. The second-order valence-corrected chi connectivity index (χ2v) is 5.97. The lowest BCUT2D eigenvalue weighted by molar-refractivity contribution is -0.138. The summed E-state index contributed by atoms with van der Waals surface area (Å²) in [6.07, 6.45) is 6.38. The van der Waals surface area contributed by atoms with Gasteiger partial charge in [0.05, 0.1) is 6.54 Å². The Morgan fingerprint density at radius 3 is 2.43 bits per heavy atom. The Hall–Kier alpha value is -1.59. The zero-order chi connectivity index (χ0) is 15.7. The van der Waals surface area contributed by atoms with Gasteiger partial charge >= 0.3 is 5.97 Å². The van der Waals surface area contributed by atoms with Crippen LogP contribution >= 0.6 is 0 Å². The lowest BCUT2D eigenvalue weighted by atomic mass is 10.0. The van der Waals surface area contributed by atoms with Crippen LogP contribution in [0.1, 0.15) is 51.9 Å². The average Bonchev–Trinajstić information content (AvgIpc) is 2.93. The summed E-state index contributed by atoms with van der Waals surface area (Å²) in [6.45, 7) is 2.03. The maximum Gasteiger partial charge on any atom is 0.303 e. The smallest absolute Gasteiger partial charge is 0.303 e. The number of carboxylic acids is 1. The topological polar surface area (TPSA) is 95.5 Å². The number of amides is 2. The van der Waals surface area contributed by atoms with E-state index in [2.05, 4.69) is 10.6 Å². The Kier molecular flexibility index (Phi) is 7.79. The molecule has 1 unspecified atom stereocenters. The van der Waals surface area contributed by atoms with Gasteiger partial charge in [0.25, 0.3) is 0 Å². The van der Waals surface area contributed by atoms with Crippen LogP contribution in [0.15, 0.2) is 0 Å². The van der Waals surface area contributed by atoms with Crippen molar-refractivity contribution in [3.63, 3.8) is 0 Å². The van der Waals surface area contributed by atoms with E-state index in [0.29, 0.717) is 18.9 Å². The quantitative estimate of drug-likeness (QED) is 0.598. The van der Waals surface area contributed by atoms with Gasteiger partial charge in [-0.1, -0.05) is 32.6 Å². The van der Waals surface area contributed by atoms with Crippen LogP contribution < -0.4 is 10.6 Å². The highest BCUT2D eigenvalue weighted by Crippen LogP contribution is 2.28. The Morgan fingerprint density at radius 1 is 1.14 bits per heavy atom. The van der Waals surface area contributed by atoms with Crippen LogP contribution in [0.3, 0.4) is 0 Å². The molecule has 1 rings (SSSR count). The van der Waals surface area contributed by atoms with Gasteiger partial charge in [0.2, 0.25) is 11.8 Å². The molecule has 1 aliphatic carbocycles. The van der Waals surface area contributed by atoms with Crippen molar-refractivity contribution in [1.82, 2.24) is 10.6 Å². The molecule has 1 fully saturated rings. The van der Waals surface area contributed by atoms with Crippen molar-refractivity contribution in [2.24, 2.45) is 11.8 Å². The molecule has 0 aliphatic heterocycles. The zero-order valence-electron chi connectivity index (χ0n) is 12.7. The molecule has 0 aromatic heterocycles. The molecule has 1 saturated carbocycles. The highest BCUT2D eigenvalue weighted by Gasteiger charge is 2.16. The summed E-state index contributed by atoms with van der Waals surface area (Å²) in [5.74, 6) is -0.694. The van der Waals surface area contributed by atoms with Crippen molar-refractivity contribution in [1.29, 1.82) is 0 Å². The van der Waals surface area contributed by atoms with Gasteiger partial charge < -0.3 is 15.7 Å². The normalized spacial score (nSPS) is 16.4. The summed E-state index contributed by atoms with van der Waals surface area (Å²) >= 11 is 0. The molecule has 6 heteroatoms. The van der Waals surface area contributed by atoms with Gasteiger partial charge in [-0.05, 0) is 18.3 Å². The van der Waals surface area contributed by atoms with E-state index in [-0.39, 0.29) is 30.7 Å². The summed E-state index contributed by atoms with van der Waals surface area (Å²) in [5, 5.41) is 13.8. The maximum absolute atomic E-state index is 11.6. The zero-order valence-corrected chi connectivity index (χ0v) is 12.7. The number of rotatable bonds is 9. The fraction of sp³-hybridized carbons (Fsp3) is 0.800. The van der Waals surface area contributed by atoms with Gasteiger partial charge in [-0.25, -0.2) is 0 Å². The molecule has 0 aromatic rings. The third-order valence-electron chi connectivity index (χ3n) is 3.87. The largest absolute Gasteiger partial charge is 0.481 e. The van der Waals surface area contributed by atoms with Crippen LogP contribution in [-0.4, -0.2) is 36.0 Å². The Bertz CT molecular complexity index is 365. The van der Waals surface area contributed by atoms with E-state index in [1.165, 1.54) is 25.7 Å². The van der Waals surface area contributed by atoms with E-state index in [0.717, 1.165) is 6.42 Å². The Labute approximate surface area is 125 Å². The van der Waals surface area contributed by atoms with E-state index in [1.54, 1.807) is 6.92 Å². The van der Waals surface area contributed by atoms with Crippen LogP contribution in [0.4, 0.5) is 0 Å². The van der Waals surface area contributed by atoms with Gasteiger partial charge in [0, 0.05) is 19.4 Å². The second-order valence-electron chi connectivity index (χ2n) is 5.97. The standard InChI is InChI=1S/C15H26N2O4/c1-11(8-15(20)21)9-16-14(19)10-17-13(18)7-6-12-4-2-3-5-12/h11-12H,2-10H2,1H3,(H,16,19)(H,17,18)(H,20,21). The Morgan fingerprint density at radius 2 is 1.81 bits per heavy atom. The van der Waals surface area contributed by atoms with Gasteiger partial charge in [-0.15, -0.1) is 0 Å². The van der Waals surface area contributed by atoms with E-state index in [9.17, 15) is 14.4 Å². The van der Waals surface area contributed by atoms with E-state index >= 15 is 0 Å². The van der Waals surface area contributed by atoms with Crippen LogP contribution in [0.25, 0.3) is 0 Å². The predicted molar refractivity (Wildman–Crippen MR) is 78.6 cm³/mol. The highest BCUT2D eigenvalue weighted by molar-refractivity contribution is 5.84. The average molecular weight is 298 g/mol. The first-order valence-electron chi connectivity index (χ1n) is 7.72. The molecule has 1 aliphatic rings. The first-order chi connectivity index (χ1) is 9.97. The summed E-state index contributed by atoms with van der Waals surface area (Å²) in [4.78, 5) is 33.6. The van der Waals surface area contributed by atoms with Crippen molar-refractivity contribution in [2.45, 2.75) is 51.9 Å². The minimum absolute atomic E-state index is 0.0219. The fourth-order valence-corrected chi connectivity index (χ4v) is 2.62. The van der Waals surface area contributed by atoms with Crippen molar-refractivity contribution in [2.75, 3.05) is 13.1 Å².